The Bertz CT molecular complexity index is 533. The summed E-state index contributed by atoms with van der Waals surface area (Å²) in [5.74, 6) is 2.42. The number of methoxy groups -OCH3 is 2. The second-order valence-electron chi connectivity index (χ2n) is 4.58. The lowest BCUT2D eigenvalue weighted by Gasteiger charge is -2.16. The maximum Gasteiger partial charge on any atom is 0.161 e. The van der Waals surface area contributed by atoms with Gasteiger partial charge < -0.3 is 24.1 Å². The lowest BCUT2D eigenvalue weighted by atomic mass is 10.3. The Morgan fingerprint density at radius 3 is 1.45 bits per heavy atom. The third-order valence-corrected chi connectivity index (χ3v) is 3.00. The van der Waals surface area contributed by atoms with Crippen molar-refractivity contribution < 1.29 is 24.1 Å². The molecule has 2 aromatic rings. The zero-order valence-corrected chi connectivity index (χ0v) is 12.7. The van der Waals surface area contributed by atoms with Gasteiger partial charge in [0.15, 0.2) is 23.0 Å². The molecular formula is C17H20O5. The second-order valence-corrected chi connectivity index (χ2v) is 4.58. The maximum absolute atomic E-state index is 9.97. The van der Waals surface area contributed by atoms with Gasteiger partial charge in [0.2, 0.25) is 0 Å². The van der Waals surface area contributed by atoms with E-state index in [1.807, 2.05) is 24.3 Å². The Kier molecular flexibility index (Phi) is 5.91. The van der Waals surface area contributed by atoms with Gasteiger partial charge in [0.05, 0.1) is 14.2 Å². The highest BCUT2D eigenvalue weighted by Gasteiger charge is 2.10. The molecule has 0 aromatic heterocycles. The maximum atomic E-state index is 9.97. The van der Waals surface area contributed by atoms with Crippen molar-refractivity contribution in [3.63, 3.8) is 0 Å². The lowest BCUT2D eigenvalue weighted by molar-refractivity contribution is 0.0607. The number of hydrogen-bond acceptors (Lipinski definition) is 5. The molecule has 0 aliphatic carbocycles. The lowest BCUT2D eigenvalue weighted by Crippen LogP contribution is -2.25. The predicted octanol–water partition coefficient (Wildman–Crippen LogP) is 2.52. The summed E-state index contributed by atoms with van der Waals surface area (Å²) in [5.41, 5.74) is 0. The topological polar surface area (TPSA) is 57.2 Å². The summed E-state index contributed by atoms with van der Waals surface area (Å²) in [6.07, 6.45) is -0.769. The summed E-state index contributed by atoms with van der Waals surface area (Å²) in [5, 5.41) is 9.97. The summed E-state index contributed by atoms with van der Waals surface area (Å²) in [7, 11) is 3.15. The van der Waals surface area contributed by atoms with Crippen molar-refractivity contribution in [1.29, 1.82) is 0 Å². The molecule has 0 heterocycles. The normalized spacial score (nSPS) is 10.4. The highest BCUT2D eigenvalue weighted by atomic mass is 16.5. The molecule has 22 heavy (non-hydrogen) atoms. The minimum Gasteiger partial charge on any atom is -0.493 e. The van der Waals surface area contributed by atoms with Crippen LogP contribution in [0.1, 0.15) is 0 Å². The van der Waals surface area contributed by atoms with E-state index in [1.54, 1.807) is 38.5 Å². The van der Waals surface area contributed by atoms with Gasteiger partial charge in [0.25, 0.3) is 0 Å². The average molecular weight is 304 g/mol. The first-order valence-electron chi connectivity index (χ1n) is 6.94. The van der Waals surface area contributed by atoms with Crippen LogP contribution in [-0.4, -0.2) is 38.6 Å². The first kappa shape index (κ1) is 16.0. The van der Waals surface area contributed by atoms with E-state index in [0.717, 1.165) is 0 Å². The van der Waals surface area contributed by atoms with Crippen molar-refractivity contribution in [2.75, 3.05) is 27.4 Å². The zero-order chi connectivity index (χ0) is 15.8. The first-order chi connectivity index (χ1) is 10.7. The quantitative estimate of drug-likeness (QED) is 0.812. The molecule has 0 unspecified atom stereocenters. The molecule has 2 aromatic carbocycles. The van der Waals surface area contributed by atoms with E-state index in [1.165, 1.54) is 0 Å². The molecular weight excluding hydrogens is 284 g/mol. The third-order valence-electron chi connectivity index (χ3n) is 3.00. The van der Waals surface area contributed by atoms with Gasteiger partial charge in [-0.15, -0.1) is 0 Å². The van der Waals surface area contributed by atoms with Crippen LogP contribution in [0.3, 0.4) is 0 Å². The van der Waals surface area contributed by atoms with Crippen LogP contribution in [-0.2, 0) is 0 Å². The molecule has 5 nitrogen and oxygen atoms in total. The average Bonchev–Trinajstić information content (AvgIpc) is 2.58. The number of aliphatic hydroxyl groups is 1. The Morgan fingerprint density at radius 2 is 1.09 bits per heavy atom. The van der Waals surface area contributed by atoms with Crippen molar-refractivity contribution in [3.05, 3.63) is 48.5 Å². The Morgan fingerprint density at radius 1 is 0.727 bits per heavy atom. The molecule has 2 rings (SSSR count). The summed E-state index contributed by atoms with van der Waals surface area (Å²) < 4.78 is 21.5. The van der Waals surface area contributed by atoms with E-state index < -0.39 is 6.10 Å². The summed E-state index contributed by atoms with van der Waals surface area (Å²) in [4.78, 5) is 0. The summed E-state index contributed by atoms with van der Waals surface area (Å²) in [6, 6.07) is 14.6. The standard InChI is InChI=1S/C17H20O5/c1-19-14-7-3-5-9-16(14)21-11-13(18)12-22-17-10-6-4-8-15(17)20-2/h3-10,13,18H,11-12H2,1-2H3. The Hall–Kier alpha value is -2.40. The third kappa shape index (κ3) is 4.30. The molecule has 118 valence electrons. The molecule has 0 bridgehead atoms. The van der Waals surface area contributed by atoms with Crippen LogP contribution in [0, 0.1) is 0 Å². The van der Waals surface area contributed by atoms with Crippen molar-refractivity contribution >= 4 is 0 Å². The van der Waals surface area contributed by atoms with Gasteiger partial charge in [0, 0.05) is 0 Å². The van der Waals surface area contributed by atoms with E-state index in [2.05, 4.69) is 0 Å². The number of rotatable bonds is 8. The molecule has 0 atom stereocenters. The van der Waals surface area contributed by atoms with E-state index in [9.17, 15) is 5.11 Å². The van der Waals surface area contributed by atoms with E-state index in [0.29, 0.717) is 23.0 Å². The monoisotopic (exact) mass is 304 g/mol. The van der Waals surface area contributed by atoms with Crippen LogP contribution >= 0.6 is 0 Å². The molecule has 5 heteroatoms. The van der Waals surface area contributed by atoms with Crippen molar-refractivity contribution in [2.24, 2.45) is 0 Å². The minimum absolute atomic E-state index is 0.107. The fourth-order valence-corrected chi connectivity index (χ4v) is 1.90. The fraction of sp³-hybridized carbons (Fsp3) is 0.294. The van der Waals surface area contributed by atoms with Gasteiger partial charge in [-0.1, -0.05) is 24.3 Å². The SMILES string of the molecule is COc1ccccc1OCC(O)COc1ccccc1OC. The Labute approximate surface area is 130 Å². The number of ether oxygens (including phenoxy) is 4. The Balaban J connectivity index is 1.84. The molecule has 0 fully saturated rings. The van der Waals surface area contributed by atoms with Gasteiger partial charge in [-0.3, -0.25) is 0 Å². The predicted molar refractivity (Wildman–Crippen MR) is 83.0 cm³/mol. The highest BCUT2D eigenvalue weighted by Crippen LogP contribution is 2.27. The van der Waals surface area contributed by atoms with E-state index in [-0.39, 0.29) is 13.2 Å². The summed E-state index contributed by atoms with van der Waals surface area (Å²) >= 11 is 0. The number of aliphatic hydroxyl groups excluding tert-OH is 1. The van der Waals surface area contributed by atoms with Gasteiger partial charge >= 0.3 is 0 Å². The minimum atomic E-state index is -0.769. The van der Waals surface area contributed by atoms with Crippen LogP contribution in [0.5, 0.6) is 23.0 Å². The largest absolute Gasteiger partial charge is 0.493 e. The van der Waals surface area contributed by atoms with Gasteiger partial charge in [-0.2, -0.15) is 0 Å². The van der Waals surface area contributed by atoms with Crippen molar-refractivity contribution in [3.8, 4) is 23.0 Å². The van der Waals surface area contributed by atoms with Crippen molar-refractivity contribution in [2.45, 2.75) is 6.10 Å². The van der Waals surface area contributed by atoms with Crippen LogP contribution in [0.15, 0.2) is 48.5 Å². The second kappa shape index (κ2) is 8.14. The van der Waals surface area contributed by atoms with Gasteiger partial charge in [-0.05, 0) is 24.3 Å². The number of para-hydroxylation sites is 4. The molecule has 1 N–H and O–H groups in total. The molecule has 0 aliphatic heterocycles. The van der Waals surface area contributed by atoms with E-state index in [4.69, 9.17) is 18.9 Å². The van der Waals surface area contributed by atoms with Crippen LogP contribution in [0.4, 0.5) is 0 Å². The molecule has 0 radical (unpaired) electrons. The summed E-state index contributed by atoms with van der Waals surface area (Å²) in [6.45, 7) is 0.213. The van der Waals surface area contributed by atoms with Gasteiger partial charge in [0.1, 0.15) is 19.3 Å². The molecule has 0 amide bonds. The number of hydrogen-bond donors (Lipinski definition) is 1. The van der Waals surface area contributed by atoms with Crippen LogP contribution in [0.2, 0.25) is 0 Å². The molecule has 0 aliphatic rings. The highest BCUT2D eigenvalue weighted by molar-refractivity contribution is 5.40. The fourth-order valence-electron chi connectivity index (χ4n) is 1.90. The molecule has 0 saturated heterocycles. The number of benzene rings is 2. The van der Waals surface area contributed by atoms with Crippen LogP contribution in [0.25, 0.3) is 0 Å². The van der Waals surface area contributed by atoms with Crippen LogP contribution < -0.4 is 18.9 Å². The van der Waals surface area contributed by atoms with Gasteiger partial charge in [-0.25, -0.2) is 0 Å². The molecule has 0 spiro atoms. The smallest absolute Gasteiger partial charge is 0.161 e. The first-order valence-corrected chi connectivity index (χ1v) is 6.94. The zero-order valence-electron chi connectivity index (χ0n) is 12.7. The van der Waals surface area contributed by atoms with E-state index >= 15 is 0 Å². The molecule has 0 saturated carbocycles. The van der Waals surface area contributed by atoms with Crippen molar-refractivity contribution in [1.82, 2.24) is 0 Å².